The van der Waals surface area contributed by atoms with Gasteiger partial charge in [0.05, 0.1) is 6.04 Å². The molecule has 1 aromatic carbocycles. The van der Waals surface area contributed by atoms with Crippen LogP contribution in [0.1, 0.15) is 57.1 Å². The monoisotopic (exact) mass is 361 g/mol. The fraction of sp³-hybridized carbons (Fsp3) is 0.632. The van der Waals surface area contributed by atoms with Gasteiger partial charge in [-0.1, -0.05) is 28.1 Å². The van der Waals surface area contributed by atoms with Gasteiger partial charge in [-0.05, 0) is 80.9 Å². The summed E-state index contributed by atoms with van der Waals surface area (Å²) >= 11 is 3.47. The number of hydrogen-bond acceptors (Lipinski definition) is 1. The van der Waals surface area contributed by atoms with Gasteiger partial charge in [0.2, 0.25) is 5.91 Å². The molecule has 0 saturated heterocycles. The first-order chi connectivity index (χ1) is 10.5. The van der Waals surface area contributed by atoms with Crippen LogP contribution in [0.2, 0.25) is 0 Å². The molecule has 4 fully saturated rings. The maximum absolute atomic E-state index is 13.0. The highest BCUT2D eigenvalue weighted by atomic mass is 79.9. The summed E-state index contributed by atoms with van der Waals surface area (Å²) in [5.74, 6) is 2.78. The maximum Gasteiger partial charge on any atom is 0.226 e. The number of nitrogens with one attached hydrogen (secondary N) is 1. The minimum absolute atomic E-state index is 0.0433. The van der Waals surface area contributed by atoms with E-state index in [9.17, 15) is 4.79 Å². The third-order valence-electron chi connectivity index (χ3n) is 6.24. The second-order valence-corrected chi connectivity index (χ2v) is 8.86. The molecule has 1 aromatic rings. The Balaban J connectivity index is 1.49. The zero-order valence-electron chi connectivity index (χ0n) is 13.1. The molecule has 1 unspecified atom stereocenters. The normalized spacial score (nSPS) is 37.1. The molecule has 22 heavy (non-hydrogen) atoms. The number of carbonyl (C=O) groups excluding carboxylic acids is 1. The average molecular weight is 362 g/mol. The molecular formula is C19H24BrNO. The molecular weight excluding hydrogens is 338 g/mol. The lowest BCUT2D eigenvalue weighted by molar-refractivity contribution is -0.147. The molecule has 4 bridgehead atoms. The highest BCUT2D eigenvalue weighted by Gasteiger charge is 2.54. The standard InChI is InChI=1S/C19H24BrNO/c1-12(16-2-4-17(20)5-3-16)21-18(22)19-9-13-6-14(10-19)8-15(7-13)11-19/h2-5,12-15H,6-11H2,1H3,(H,21,22). The lowest BCUT2D eigenvalue weighted by Gasteiger charge is -2.55. The van der Waals surface area contributed by atoms with Gasteiger partial charge in [0.1, 0.15) is 0 Å². The van der Waals surface area contributed by atoms with Crippen molar-refractivity contribution in [2.45, 2.75) is 51.5 Å². The molecule has 118 valence electrons. The van der Waals surface area contributed by atoms with Gasteiger partial charge < -0.3 is 5.32 Å². The number of halogens is 1. The zero-order valence-corrected chi connectivity index (χ0v) is 14.7. The topological polar surface area (TPSA) is 29.1 Å². The quantitative estimate of drug-likeness (QED) is 0.819. The van der Waals surface area contributed by atoms with Crippen molar-refractivity contribution in [1.82, 2.24) is 5.32 Å². The summed E-state index contributed by atoms with van der Waals surface area (Å²) in [6, 6.07) is 8.36. The van der Waals surface area contributed by atoms with Gasteiger partial charge >= 0.3 is 0 Å². The molecule has 1 amide bonds. The van der Waals surface area contributed by atoms with Gasteiger partial charge in [-0.3, -0.25) is 4.79 Å². The fourth-order valence-corrected chi connectivity index (χ4v) is 5.84. The van der Waals surface area contributed by atoms with Crippen LogP contribution in [0, 0.1) is 23.2 Å². The van der Waals surface area contributed by atoms with E-state index < -0.39 is 0 Å². The number of benzene rings is 1. The van der Waals surface area contributed by atoms with E-state index in [1.807, 2.05) is 12.1 Å². The van der Waals surface area contributed by atoms with Crippen LogP contribution < -0.4 is 5.32 Å². The molecule has 4 aliphatic rings. The average Bonchev–Trinajstić information content (AvgIpc) is 2.46. The molecule has 1 atom stereocenters. The molecule has 3 heteroatoms. The van der Waals surface area contributed by atoms with Gasteiger partial charge in [-0.15, -0.1) is 0 Å². The minimum Gasteiger partial charge on any atom is -0.349 e. The van der Waals surface area contributed by atoms with E-state index in [0.717, 1.165) is 41.5 Å². The lowest BCUT2D eigenvalue weighted by Crippen LogP contribution is -2.53. The first-order valence-electron chi connectivity index (χ1n) is 8.60. The lowest BCUT2D eigenvalue weighted by atomic mass is 9.49. The predicted molar refractivity (Wildman–Crippen MR) is 91.3 cm³/mol. The van der Waals surface area contributed by atoms with Crippen molar-refractivity contribution in [3.8, 4) is 0 Å². The van der Waals surface area contributed by atoms with E-state index in [2.05, 4.69) is 40.3 Å². The Morgan fingerprint density at radius 2 is 1.59 bits per heavy atom. The zero-order chi connectivity index (χ0) is 15.3. The van der Waals surface area contributed by atoms with Crippen LogP contribution in [-0.2, 0) is 4.79 Å². The number of amides is 1. The second-order valence-electron chi connectivity index (χ2n) is 7.94. The van der Waals surface area contributed by atoms with Crippen LogP contribution >= 0.6 is 15.9 Å². The summed E-state index contributed by atoms with van der Waals surface area (Å²) < 4.78 is 1.08. The molecule has 0 spiro atoms. The molecule has 0 radical (unpaired) electrons. The van der Waals surface area contributed by atoms with Crippen molar-refractivity contribution in [2.24, 2.45) is 23.2 Å². The minimum atomic E-state index is -0.0433. The Morgan fingerprint density at radius 1 is 1.09 bits per heavy atom. The summed E-state index contributed by atoms with van der Waals surface area (Å²) in [6.45, 7) is 2.10. The van der Waals surface area contributed by atoms with Crippen LogP contribution in [0.25, 0.3) is 0 Å². The smallest absolute Gasteiger partial charge is 0.226 e. The van der Waals surface area contributed by atoms with Crippen LogP contribution in [0.5, 0.6) is 0 Å². The molecule has 0 heterocycles. The largest absolute Gasteiger partial charge is 0.349 e. The third-order valence-corrected chi connectivity index (χ3v) is 6.77. The molecule has 5 rings (SSSR count). The van der Waals surface area contributed by atoms with Crippen molar-refractivity contribution >= 4 is 21.8 Å². The molecule has 1 N–H and O–H groups in total. The Morgan fingerprint density at radius 3 is 2.09 bits per heavy atom. The SMILES string of the molecule is CC(NC(=O)C12CC3CC(CC(C3)C1)C2)c1ccc(Br)cc1. The van der Waals surface area contributed by atoms with E-state index in [1.54, 1.807) is 0 Å². The fourth-order valence-electron chi connectivity index (χ4n) is 5.57. The van der Waals surface area contributed by atoms with Crippen molar-refractivity contribution in [3.63, 3.8) is 0 Å². The van der Waals surface area contributed by atoms with Gasteiger partial charge in [0, 0.05) is 9.89 Å². The number of rotatable bonds is 3. The highest BCUT2D eigenvalue weighted by molar-refractivity contribution is 9.10. The Labute approximate surface area is 141 Å². The molecule has 0 aliphatic heterocycles. The Kier molecular flexibility index (Phi) is 3.60. The van der Waals surface area contributed by atoms with Crippen molar-refractivity contribution in [2.75, 3.05) is 0 Å². The van der Waals surface area contributed by atoms with Crippen molar-refractivity contribution < 1.29 is 4.79 Å². The first kappa shape index (κ1) is 14.7. The van der Waals surface area contributed by atoms with Crippen LogP contribution in [0.4, 0.5) is 0 Å². The molecule has 4 aliphatic carbocycles. The number of hydrogen-bond donors (Lipinski definition) is 1. The van der Waals surface area contributed by atoms with Crippen molar-refractivity contribution in [3.05, 3.63) is 34.3 Å². The molecule has 4 saturated carbocycles. The summed E-state index contributed by atoms with van der Waals surface area (Å²) in [5.41, 5.74) is 1.14. The van der Waals surface area contributed by atoms with E-state index in [1.165, 1.54) is 24.8 Å². The predicted octanol–water partition coefficient (Wildman–Crippen LogP) is 4.84. The summed E-state index contributed by atoms with van der Waals surface area (Å²) in [4.78, 5) is 13.0. The third kappa shape index (κ3) is 2.51. The van der Waals surface area contributed by atoms with Crippen molar-refractivity contribution in [1.29, 1.82) is 0 Å². The van der Waals surface area contributed by atoms with E-state index in [0.29, 0.717) is 5.91 Å². The maximum atomic E-state index is 13.0. The Bertz CT molecular complexity index is 544. The summed E-state index contributed by atoms with van der Waals surface area (Å²) in [5, 5.41) is 3.32. The van der Waals surface area contributed by atoms with Gasteiger partial charge in [0.15, 0.2) is 0 Å². The molecule has 2 nitrogen and oxygen atoms in total. The van der Waals surface area contributed by atoms with Crippen LogP contribution in [0.3, 0.4) is 0 Å². The van der Waals surface area contributed by atoms with Gasteiger partial charge in [-0.2, -0.15) is 0 Å². The van der Waals surface area contributed by atoms with Crippen LogP contribution in [0.15, 0.2) is 28.7 Å². The van der Waals surface area contributed by atoms with E-state index >= 15 is 0 Å². The van der Waals surface area contributed by atoms with E-state index in [-0.39, 0.29) is 11.5 Å². The number of carbonyl (C=O) groups is 1. The Hall–Kier alpha value is -0.830. The van der Waals surface area contributed by atoms with E-state index in [4.69, 9.17) is 0 Å². The van der Waals surface area contributed by atoms with Gasteiger partial charge in [-0.25, -0.2) is 0 Å². The second kappa shape index (κ2) is 5.36. The summed E-state index contributed by atoms with van der Waals surface area (Å²) in [6.07, 6.45) is 7.56. The van der Waals surface area contributed by atoms with Crippen LogP contribution in [-0.4, -0.2) is 5.91 Å². The molecule has 0 aromatic heterocycles. The van der Waals surface area contributed by atoms with Gasteiger partial charge in [0.25, 0.3) is 0 Å². The highest BCUT2D eigenvalue weighted by Crippen LogP contribution is 2.60. The summed E-state index contributed by atoms with van der Waals surface area (Å²) in [7, 11) is 0. The first-order valence-corrected chi connectivity index (χ1v) is 9.40.